The monoisotopic (exact) mass is 335 g/mol. The summed E-state index contributed by atoms with van der Waals surface area (Å²) < 4.78 is 5.79. The molecule has 1 aromatic heterocycles. The number of hydrogen-bond acceptors (Lipinski definition) is 5. The minimum atomic E-state index is -1.55. The highest BCUT2D eigenvalue weighted by molar-refractivity contribution is 6.05. The second-order valence-corrected chi connectivity index (χ2v) is 5.59. The van der Waals surface area contributed by atoms with Crippen molar-refractivity contribution < 1.29 is 19.1 Å². The van der Waals surface area contributed by atoms with Crippen molar-refractivity contribution in [1.82, 2.24) is 15.6 Å². The Morgan fingerprint density at radius 2 is 1.92 bits per heavy atom. The summed E-state index contributed by atoms with van der Waals surface area (Å²) in [6.45, 7) is 0.166. The molecule has 2 rings (SSSR count). The highest BCUT2D eigenvalue weighted by Crippen LogP contribution is 2.23. The number of primary amides is 2. The lowest BCUT2D eigenvalue weighted by atomic mass is 10.2. The maximum absolute atomic E-state index is 11.7. The minimum Gasteiger partial charge on any atom is -0.474 e. The molecule has 0 bridgehead atoms. The first-order valence-electron chi connectivity index (χ1n) is 7.70. The number of nitrogens with two attached hydrogens (primary N) is 2. The quantitative estimate of drug-likeness (QED) is 0.497. The van der Waals surface area contributed by atoms with Crippen molar-refractivity contribution in [1.29, 1.82) is 0 Å². The molecule has 0 unspecified atom stereocenters. The Hall–Kier alpha value is -2.84. The Kier molecular flexibility index (Phi) is 5.94. The molecule has 0 aromatic carbocycles. The van der Waals surface area contributed by atoms with Crippen LogP contribution in [0, 0.1) is 0 Å². The maximum Gasteiger partial charge on any atom is 0.316 e. The molecule has 0 radical (unpaired) electrons. The average Bonchev–Trinajstić information content (AvgIpc) is 3.03. The Morgan fingerprint density at radius 1 is 1.25 bits per heavy atom. The molecule has 1 aromatic rings. The number of pyridine rings is 1. The second kappa shape index (κ2) is 8.14. The summed E-state index contributed by atoms with van der Waals surface area (Å²) in [7, 11) is 0. The minimum absolute atomic E-state index is 0.166. The van der Waals surface area contributed by atoms with Gasteiger partial charge in [-0.1, -0.05) is 0 Å². The zero-order chi connectivity index (χ0) is 17.5. The van der Waals surface area contributed by atoms with Gasteiger partial charge in [0.05, 0.1) is 0 Å². The van der Waals surface area contributed by atoms with Crippen LogP contribution in [-0.2, 0) is 16.1 Å². The van der Waals surface area contributed by atoms with Gasteiger partial charge in [-0.05, 0) is 37.3 Å². The molecular weight excluding hydrogens is 314 g/mol. The van der Waals surface area contributed by atoms with Crippen LogP contribution in [0.4, 0.5) is 4.79 Å². The van der Waals surface area contributed by atoms with Crippen molar-refractivity contribution in [2.75, 3.05) is 0 Å². The number of carbonyl (C=O) groups excluding carboxylic acids is 3. The highest BCUT2D eigenvalue weighted by Gasteiger charge is 2.23. The maximum atomic E-state index is 11.7. The average molecular weight is 335 g/mol. The summed E-state index contributed by atoms with van der Waals surface area (Å²) in [5.74, 6) is -1.53. The molecule has 1 fully saturated rings. The number of rotatable bonds is 7. The molecule has 6 N–H and O–H groups in total. The van der Waals surface area contributed by atoms with E-state index in [1.54, 1.807) is 18.3 Å². The molecule has 1 heterocycles. The summed E-state index contributed by atoms with van der Waals surface area (Å²) in [4.78, 5) is 37.9. The van der Waals surface area contributed by atoms with Crippen LogP contribution < -0.4 is 26.8 Å². The lowest BCUT2D eigenvalue weighted by Gasteiger charge is -2.14. The zero-order valence-corrected chi connectivity index (χ0v) is 13.2. The van der Waals surface area contributed by atoms with Crippen LogP contribution >= 0.6 is 0 Å². The van der Waals surface area contributed by atoms with Crippen LogP contribution in [0.25, 0.3) is 0 Å². The van der Waals surface area contributed by atoms with Crippen LogP contribution in [0.3, 0.4) is 0 Å². The van der Waals surface area contributed by atoms with Gasteiger partial charge in [-0.25, -0.2) is 9.78 Å². The molecule has 0 saturated heterocycles. The fraction of sp³-hybridized carbons (Fsp3) is 0.467. The summed E-state index contributed by atoms with van der Waals surface area (Å²) in [6, 6.07) is 1.18. The summed E-state index contributed by atoms with van der Waals surface area (Å²) >= 11 is 0. The van der Waals surface area contributed by atoms with Crippen LogP contribution in [0.5, 0.6) is 5.88 Å². The third kappa shape index (κ3) is 5.11. The lowest BCUT2D eigenvalue weighted by molar-refractivity contribution is -0.128. The third-order valence-electron chi connectivity index (χ3n) is 3.69. The predicted octanol–water partition coefficient (Wildman–Crippen LogP) is -0.459. The van der Waals surface area contributed by atoms with Crippen molar-refractivity contribution in [3.05, 3.63) is 23.9 Å². The van der Waals surface area contributed by atoms with Crippen LogP contribution in [0.1, 0.15) is 31.2 Å². The van der Waals surface area contributed by atoms with E-state index in [0.29, 0.717) is 5.88 Å². The van der Waals surface area contributed by atoms with Gasteiger partial charge < -0.3 is 26.8 Å². The Morgan fingerprint density at radius 3 is 2.54 bits per heavy atom. The molecule has 4 amide bonds. The Balaban J connectivity index is 1.85. The standard InChI is InChI=1S/C15H21N5O4/c16-13(21)12(14(17)22)20-15(23)19-8-9-5-6-18-11(7-9)24-10-3-1-2-4-10/h5-7,10,12H,1-4,8H2,(H2,16,21)(H2,17,22)(H2,19,20,23). The molecule has 0 atom stereocenters. The molecule has 0 spiro atoms. The van der Waals surface area contributed by atoms with E-state index in [4.69, 9.17) is 16.2 Å². The van der Waals surface area contributed by atoms with Gasteiger partial charge in [-0.2, -0.15) is 0 Å². The predicted molar refractivity (Wildman–Crippen MR) is 84.7 cm³/mol. The SMILES string of the molecule is NC(=O)C(NC(=O)NCc1ccnc(OC2CCCC2)c1)C(N)=O. The number of amides is 4. The van der Waals surface area contributed by atoms with Crippen LogP contribution in [0.2, 0.25) is 0 Å². The van der Waals surface area contributed by atoms with Gasteiger partial charge in [-0.3, -0.25) is 9.59 Å². The molecule has 24 heavy (non-hydrogen) atoms. The first-order valence-corrected chi connectivity index (χ1v) is 7.70. The van der Waals surface area contributed by atoms with Crippen molar-refractivity contribution in [2.24, 2.45) is 11.5 Å². The van der Waals surface area contributed by atoms with E-state index in [9.17, 15) is 14.4 Å². The summed E-state index contributed by atoms with van der Waals surface area (Å²) in [5.41, 5.74) is 10.7. The van der Waals surface area contributed by atoms with E-state index < -0.39 is 23.9 Å². The molecular formula is C15H21N5O4. The van der Waals surface area contributed by atoms with Crippen molar-refractivity contribution >= 4 is 17.8 Å². The van der Waals surface area contributed by atoms with E-state index in [1.807, 2.05) is 0 Å². The molecule has 9 nitrogen and oxygen atoms in total. The molecule has 9 heteroatoms. The number of ether oxygens (including phenoxy) is 1. The summed E-state index contributed by atoms with van der Waals surface area (Å²) in [6.07, 6.45) is 6.15. The smallest absolute Gasteiger partial charge is 0.316 e. The normalized spacial score (nSPS) is 14.4. The zero-order valence-electron chi connectivity index (χ0n) is 13.2. The van der Waals surface area contributed by atoms with Gasteiger partial charge in [0, 0.05) is 18.8 Å². The van der Waals surface area contributed by atoms with Crippen LogP contribution in [0.15, 0.2) is 18.3 Å². The fourth-order valence-corrected chi connectivity index (χ4v) is 2.45. The van der Waals surface area contributed by atoms with E-state index >= 15 is 0 Å². The molecule has 0 aliphatic heterocycles. The van der Waals surface area contributed by atoms with Gasteiger partial charge in [0.1, 0.15) is 6.10 Å². The van der Waals surface area contributed by atoms with Gasteiger partial charge in [-0.15, -0.1) is 0 Å². The molecule has 130 valence electrons. The van der Waals surface area contributed by atoms with Crippen molar-refractivity contribution in [3.8, 4) is 5.88 Å². The fourth-order valence-electron chi connectivity index (χ4n) is 2.45. The van der Waals surface area contributed by atoms with Crippen LogP contribution in [-0.4, -0.2) is 35.0 Å². The number of carbonyl (C=O) groups is 3. The first-order chi connectivity index (χ1) is 11.5. The van der Waals surface area contributed by atoms with Crippen molar-refractivity contribution in [2.45, 2.75) is 44.4 Å². The second-order valence-electron chi connectivity index (χ2n) is 5.59. The van der Waals surface area contributed by atoms with E-state index in [1.165, 1.54) is 0 Å². The number of nitrogens with zero attached hydrogens (tertiary/aromatic N) is 1. The van der Waals surface area contributed by atoms with E-state index in [0.717, 1.165) is 31.2 Å². The van der Waals surface area contributed by atoms with Gasteiger partial charge in [0.15, 0.2) is 6.04 Å². The summed E-state index contributed by atoms with van der Waals surface area (Å²) in [5, 5.41) is 4.62. The topological polar surface area (TPSA) is 149 Å². The molecule has 1 aliphatic carbocycles. The largest absolute Gasteiger partial charge is 0.474 e. The third-order valence-corrected chi connectivity index (χ3v) is 3.69. The van der Waals surface area contributed by atoms with Crippen molar-refractivity contribution in [3.63, 3.8) is 0 Å². The molecule has 1 aliphatic rings. The highest BCUT2D eigenvalue weighted by atomic mass is 16.5. The number of aromatic nitrogens is 1. The molecule has 1 saturated carbocycles. The Labute approximate surface area is 139 Å². The Bertz CT molecular complexity index is 602. The lowest BCUT2D eigenvalue weighted by Crippen LogP contribution is -2.54. The number of nitrogens with one attached hydrogen (secondary N) is 2. The van der Waals surface area contributed by atoms with E-state index in [-0.39, 0.29) is 12.6 Å². The number of hydrogen-bond donors (Lipinski definition) is 4. The first kappa shape index (κ1) is 17.5. The van der Waals surface area contributed by atoms with E-state index in [2.05, 4.69) is 15.6 Å². The van der Waals surface area contributed by atoms with Gasteiger partial charge in [0.2, 0.25) is 17.7 Å². The van der Waals surface area contributed by atoms with Gasteiger partial charge in [0.25, 0.3) is 0 Å². The van der Waals surface area contributed by atoms with Gasteiger partial charge >= 0.3 is 6.03 Å². The number of urea groups is 1.